The van der Waals surface area contributed by atoms with Gasteiger partial charge in [-0.05, 0) is 61.4 Å². The number of hydrogen-bond donors (Lipinski definition) is 0. The molecule has 0 aliphatic carbocycles. The fourth-order valence-corrected chi connectivity index (χ4v) is 5.46. The van der Waals surface area contributed by atoms with E-state index in [1.165, 1.54) is 30.4 Å². The summed E-state index contributed by atoms with van der Waals surface area (Å²) in [6.45, 7) is 4.84. The Kier molecular flexibility index (Phi) is 14.5. The second-order valence-corrected chi connectivity index (χ2v) is 12.8. The normalized spacial score (nSPS) is 10.0. The highest BCUT2D eigenvalue weighted by Crippen LogP contribution is 2.28. The molecule has 258 valence electrons. The van der Waals surface area contributed by atoms with E-state index in [4.69, 9.17) is 23.7 Å². The van der Waals surface area contributed by atoms with Gasteiger partial charge in [0.1, 0.15) is 41.8 Å². The van der Waals surface area contributed by atoms with Gasteiger partial charge in [-0.1, -0.05) is 60.7 Å². The van der Waals surface area contributed by atoms with Gasteiger partial charge >= 0.3 is 5.97 Å². The Morgan fingerprint density at radius 2 is 1.20 bits per heavy atom. The zero-order valence-electron chi connectivity index (χ0n) is 28.5. The van der Waals surface area contributed by atoms with E-state index < -0.39 is 5.97 Å². The van der Waals surface area contributed by atoms with Crippen molar-refractivity contribution in [2.24, 2.45) is 0 Å². The van der Waals surface area contributed by atoms with E-state index in [0.29, 0.717) is 52.3 Å². The van der Waals surface area contributed by atoms with Gasteiger partial charge in [0.05, 0.1) is 32.4 Å². The number of aromatic nitrogens is 2. The average molecular weight is 711 g/mol. The predicted octanol–water partition coefficient (Wildman–Crippen LogP) is 8.78. The molecule has 0 aliphatic rings. The molecule has 0 fully saturated rings. The molecule has 0 radical (unpaired) electrons. The number of ether oxygens (including phenoxy) is 5. The minimum absolute atomic E-state index is 0.157. The molecule has 2 heterocycles. The van der Waals surface area contributed by atoms with Gasteiger partial charge in [0.15, 0.2) is 5.01 Å². The quantitative estimate of drug-likeness (QED) is 0.0964. The maximum absolute atomic E-state index is 12.7. The first-order valence-electron chi connectivity index (χ1n) is 15.4. The third kappa shape index (κ3) is 11.3. The number of esters is 1. The van der Waals surface area contributed by atoms with E-state index in [0.717, 1.165) is 16.0 Å². The van der Waals surface area contributed by atoms with Crippen LogP contribution in [-0.2, 0) is 18.0 Å². The molecule has 0 N–H and O–H groups in total. The summed E-state index contributed by atoms with van der Waals surface area (Å²) in [7, 11) is 4.38. The molecule has 6 aromatic rings. The zero-order valence-corrected chi connectivity index (χ0v) is 30.1. The molecular formula is C39H38N2O7S2. The lowest BCUT2D eigenvalue weighted by Gasteiger charge is -2.11. The number of nitrogens with zero attached hydrogens (tertiary/aromatic N) is 2. The first kappa shape index (κ1) is 37.3. The predicted molar refractivity (Wildman–Crippen MR) is 196 cm³/mol. The maximum Gasteiger partial charge on any atom is 0.341 e. The number of carbonyl (C=O) groups excluding carboxylic acids is 2. The molecule has 50 heavy (non-hydrogen) atoms. The van der Waals surface area contributed by atoms with Crippen molar-refractivity contribution in [2.75, 3.05) is 21.3 Å². The number of rotatable bonds is 11. The van der Waals surface area contributed by atoms with Crippen LogP contribution in [0.5, 0.6) is 23.0 Å². The molecular weight excluding hydrogens is 673 g/mol. The Labute approximate surface area is 300 Å². The van der Waals surface area contributed by atoms with Gasteiger partial charge in [-0.2, -0.15) is 0 Å². The molecule has 9 nitrogen and oxygen atoms in total. The Morgan fingerprint density at radius 3 is 1.62 bits per heavy atom. The summed E-state index contributed by atoms with van der Waals surface area (Å²) < 4.78 is 26.6. The molecule has 2 aromatic heterocycles. The summed E-state index contributed by atoms with van der Waals surface area (Å²) >= 11 is 3.04. The van der Waals surface area contributed by atoms with Crippen LogP contribution in [0.2, 0.25) is 0 Å². The molecule has 11 heteroatoms. The Hall–Kier alpha value is -5.52. The lowest BCUT2D eigenvalue weighted by atomic mass is 10.1. The smallest absolute Gasteiger partial charge is 0.341 e. The number of benzene rings is 4. The lowest BCUT2D eigenvalue weighted by Crippen LogP contribution is -2.05. The molecule has 0 unspecified atom stereocenters. The van der Waals surface area contributed by atoms with Crippen LogP contribution in [0.1, 0.15) is 46.6 Å². The van der Waals surface area contributed by atoms with Gasteiger partial charge in [0.2, 0.25) is 5.78 Å². The lowest BCUT2D eigenvalue weighted by molar-refractivity contribution is 0.0596. The number of ketones is 1. The van der Waals surface area contributed by atoms with Crippen molar-refractivity contribution in [2.45, 2.75) is 27.1 Å². The van der Waals surface area contributed by atoms with Crippen LogP contribution in [-0.4, -0.2) is 43.0 Å². The van der Waals surface area contributed by atoms with Crippen LogP contribution < -0.4 is 18.9 Å². The van der Waals surface area contributed by atoms with Crippen LogP contribution in [0.4, 0.5) is 0 Å². The minimum atomic E-state index is -0.452. The number of thiazole rings is 2. The molecule has 0 saturated carbocycles. The van der Waals surface area contributed by atoms with Gasteiger partial charge in [0.25, 0.3) is 0 Å². The molecule has 0 atom stereocenters. The van der Waals surface area contributed by atoms with E-state index in [2.05, 4.69) is 9.97 Å². The first-order chi connectivity index (χ1) is 24.3. The molecule has 0 amide bonds. The van der Waals surface area contributed by atoms with Crippen LogP contribution >= 0.6 is 22.7 Å². The van der Waals surface area contributed by atoms with Crippen molar-refractivity contribution < 1.29 is 33.3 Å². The van der Waals surface area contributed by atoms with Gasteiger partial charge in [-0.25, -0.2) is 9.78 Å². The van der Waals surface area contributed by atoms with Gasteiger partial charge in [-0.3, -0.25) is 9.78 Å². The molecule has 0 bridgehead atoms. The monoisotopic (exact) mass is 710 g/mol. The Balaban J connectivity index is 0.000000195. The summed E-state index contributed by atoms with van der Waals surface area (Å²) in [5, 5.41) is 0.450. The largest absolute Gasteiger partial charge is 0.496 e. The first-order valence-corrected chi connectivity index (χ1v) is 17.1. The summed E-state index contributed by atoms with van der Waals surface area (Å²) in [6, 6.07) is 30.0. The highest BCUT2D eigenvalue weighted by atomic mass is 32.1. The summed E-state index contributed by atoms with van der Waals surface area (Å²) in [6.07, 6.45) is 3.55. The second-order valence-electron chi connectivity index (χ2n) is 10.5. The zero-order chi connectivity index (χ0) is 35.7. The van der Waals surface area contributed by atoms with Crippen LogP contribution in [0.25, 0.3) is 0 Å². The van der Waals surface area contributed by atoms with E-state index >= 15 is 0 Å². The SMILES string of the molecule is COC(=O)c1cc(OCc2ccccc2)ccc1OC.COc1ccc(OCc2ccccc2)cc1C(=O)c1ncc(C)s1.Cc1cncs1. The van der Waals surface area contributed by atoms with Crippen molar-refractivity contribution in [3.63, 3.8) is 0 Å². The van der Waals surface area contributed by atoms with E-state index in [9.17, 15) is 9.59 Å². The van der Waals surface area contributed by atoms with Gasteiger partial charge < -0.3 is 23.7 Å². The van der Waals surface area contributed by atoms with Crippen LogP contribution in [0.15, 0.2) is 115 Å². The van der Waals surface area contributed by atoms with E-state index in [1.807, 2.05) is 86.2 Å². The molecule has 0 saturated heterocycles. The summed E-state index contributed by atoms with van der Waals surface area (Å²) in [4.78, 5) is 34.6. The molecule has 0 spiro atoms. The fourth-order valence-electron chi connectivity index (χ4n) is 4.34. The van der Waals surface area contributed by atoms with Gasteiger partial charge in [0, 0.05) is 22.1 Å². The van der Waals surface area contributed by atoms with Crippen molar-refractivity contribution >= 4 is 34.4 Å². The van der Waals surface area contributed by atoms with Crippen molar-refractivity contribution in [3.8, 4) is 23.0 Å². The maximum atomic E-state index is 12.7. The molecule has 6 rings (SSSR count). The Morgan fingerprint density at radius 1 is 0.660 bits per heavy atom. The van der Waals surface area contributed by atoms with E-state index in [1.54, 1.807) is 61.0 Å². The highest BCUT2D eigenvalue weighted by Gasteiger charge is 2.19. The topological polar surface area (TPSA) is 106 Å². The number of methoxy groups -OCH3 is 3. The highest BCUT2D eigenvalue weighted by molar-refractivity contribution is 7.13. The van der Waals surface area contributed by atoms with Crippen LogP contribution in [0.3, 0.4) is 0 Å². The van der Waals surface area contributed by atoms with Crippen LogP contribution in [0, 0.1) is 13.8 Å². The van der Waals surface area contributed by atoms with Crippen molar-refractivity contribution in [1.82, 2.24) is 9.97 Å². The second kappa shape index (κ2) is 19.5. The third-order valence-corrected chi connectivity index (χ3v) is 8.48. The standard InChI is InChI=1S/C19H17NO3S.C16H16O4.C4H5NS/c1-13-11-20-19(24-13)18(21)16-10-15(8-9-17(16)22-2)23-12-14-6-4-3-5-7-14;1-18-15-9-8-13(10-14(15)16(17)19-2)20-11-12-6-4-3-5-7-12;1-4-2-5-3-6-4/h3-11H,12H2,1-2H3;3-10H,11H2,1-2H3;2-3H,1H3. The third-order valence-electron chi connectivity index (χ3n) is 6.86. The number of hydrogen-bond acceptors (Lipinski definition) is 11. The Bertz CT molecular complexity index is 1930. The van der Waals surface area contributed by atoms with Crippen molar-refractivity contribution in [3.05, 3.63) is 152 Å². The molecule has 4 aromatic carbocycles. The van der Waals surface area contributed by atoms with Crippen molar-refractivity contribution in [1.29, 1.82) is 0 Å². The van der Waals surface area contributed by atoms with E-state index in [-0.39, 0.29) is 5.78 Å². The average Bonchev–Trinajstić information content (AvgIpc) is 3.84. The minimum Gasteiger partial charge on any atom is -0.496 e. The fraction of sp³-hybridized carbons (Fsp3) is 0.179. The number of aryl methyl sites for hydroxylation is 2. The summed E-state index contributed by atoms with van der Waals surface area (Å²) in [5.74, 6) is 1.58. The van der Waals surface area contributed by atoms with Gasteiger partial charge in [-0.15, -0.1) is 22.7 Å². The summed E-state index contributed by atoms with van der Waals surface area (Å²) in [5.41, 5.74) is 4.76. The molecule has 0 aliphatic heterocycles. The number of carbonyl (C=O) groups is 2.